The van der Waals surface area contributed by atoms with E-state index >= 15 is 0 Å². The topological polar surface area (TPSA) is 118 Å². The lowest BCUT2D eigenvalue weighted by Crippen LogP contribution is -2.30. The molecule has 0 saturated carbocycles. The first-order chi connectivity index (χ1) is 14.1. The van der Waals surface area contributed by atoms with E-state index in [1.807, 2.05) is 30.3 Å². The molecule has 7 nitrogen and oxygen atoms in total. The van der Waals surface area contributed by atoms with Gasteiger partial charge in [-0.05, 0) is 49.3 Å². The van der Waals surface area contributed by atoms with Crippen molar-refractivity contribution in [1.82, 2.24) is 0 Å². The summed E-state index contributed by atoms with van der Waals surface area (Å²) < 4.78 is 29.4. The number of ether oxygens (including phenoxy) is 1. The summed E-state index contributed by atoms with van der Waals surface area (Å²) in [7, 11) is -2.68. The normalized spacial score (nSPS) is 18.2. The van der Waals surface area contributed by atoms with Crippen LogP contribution in [0.1, 0.15) is 26.3 Å². The monoisotopic (exact) mass is 442 g/mol. The third-order valence-corrected chi connectivity index (χ3v) is 7.46. The van der Waals surface area contributed by atoms with Crippen LogP contribution >= 0.6 is 10.8 Å². The highest BCUT2D eigenvalue weighted by molar-refractivity contribution is 8.71. The highest BCUT2D eigenvalue weighted by Gasteiger charge is 2.45. The summed E-state index contributed by atoms with van der Waals surface area (Å²) in [4.78, 5) is 2.17. The van der Waals surface area contributed by atoms with Crippen LogP contribution in [0.15, 0.2) is 41.2 Å². The molecular formula is C21H22N4O3S2. The minimum absolute atomic E-state index is 0.00220. The zero-order valence-electron chi connectivity index (χ0n) is 17.3. The van der Waals surface area contributed by atoms with Gasteiger partial charge in [0.25, 0.3) is 0 Å². The molecule has 0 saturated heterocycles. The molecular weight excluding hydrogens is 420 g/mol. The minimum atomic E-state index is -3.37. The van der Waals surface area contributed by atoms with E-state index in [-0.39, 0.29) is 22.7 Å². The second-order valence-electron chi connectivity index (χ2n) is 6.81. The van der Waals surface area contributed by atoms with Gasteiger partial charge in [0.2, 0.25) is 0 Å². The molecule has 156 valence electrons. The van der Waals surface area contributed by atoms with Gasteiger partial charge in [-0.3, -0.25) is 0 Å². The number of hydrogen-bond acceptors (Lipinski definition) is 8. The fourth-order valence-electron chi connectivity index (χ4n) is 3.31. The molecule has 2 rings (SSSR count). The average molecular weight is 443 g/mol. The van der Waals surface area contributed by atoms with E-state index in [1.54, 1.807) is 19.1 Å². The molecule has 1 aromatic carbocycles. The zero-order valence-corrected chi connectivity index (χ0v) is 18.9. The van der Waals surface area contributed by atoms with E-state index in [1.165, 1.54) is 0 Å². The SMILES string of the molecule is CCN(CC)c1ccc(C2=C(C#N)C(=C(C#N)C#N)OC2(C)CSS(C)(=O)=O)cc1. The molecule has 0 bridgehead atoms. The van der Waals surface area contributed by atoms with Gasteiger partial charge in [0.15, 0.2) is 20.2 Å². The predicted molar refractivity (Wildman–Crippen MR) is 118 cm³/mol. The Kier molecular flexibility index (Phi) is 7.21. The van der Waals surface area contributed by atoms with Gasteiger partial charge >= 0.3 is 0 Å². The summed E-state index contributed by atoms with van der Waals surface area (Å²) in [6, 6.07) is 13.1. The van der Waals surface area contributed by atoms with Crippen LogP contribution in [-0.2, 0) is 13.6 Å². The molecule has 0 N–H and O–H groups in total. The minimum Gasteiger partial charge on any atom is -0.478 e. The van der Waals surface area contributed by atoms with Crippen LogP contribution in [-0.4, -0.2) is 39.1 Å². The molecule has 1 atom stereocenters. The van der Waals surface area contributed by atoms with Crippen molar-refractivity contribution >= 4 is 30.9 Å². The molecule has 0 aliphatic carbocycles. The summed E-state index contributed by atoms with van der Waals surface area (Å²) >= 11 is 0. The van der Waals surface area contributed by atoms with Crippen LogP contribution in [0.4, 0.5) is 5.69 Å². The van der Waals surface area contributed by atoms with E-state index in [2.05, 4.69) is 18.7 Å². The van der Waals surface area contributed by atoms with Crippen molar-refractivity contribution in [3.05, 3.63) is 46.7 Å². The lowest BCUT2D eigenvalue weighted by Gasteiger charge is -2.27. The highest BCUT2D eigenvalue weighted by Crippen LogP contribution is 2.47. The molecule has 1 aliphatic rings. The molecule has 0 fully saturated rings. The van der Waals surface area contributed by atoms with Crippen LogP contribution in [0.2, 0.25) is 0 Å². The molecule has 1 aliphatic heterocycles. The second kappa shape index (κ2) is 9.26. The summed E-state index contributed by atoms with van der Waals surface area (Å²) in [5, 5.41) is 28.4. The van der Waals surface area contributed by atoms with Crippen molar-refractivity contribution in [2.45, 2.75) is 26.4 Å². The lowest BCUT2D eigenvalue weighted by atomic mass is 9.88. The number of anilines is 1. The quantitative estimate of drug-likeness (QED) is 0.464. The van der Waals surface area contributed by atoms with E-state index in [4.69, 9.17) is 4.74 Å². The number of allylic oxidation sites excluding steroid dienone is 2. The Hall–Kier alpha value is -2.93. The van der Waals surface area contributed by atoms with Crippen molar-refractivity contribution in [1.29, 1.82) is 15.8 Å². The maximum atomic E-state index is 11.7. The van der Waals surface area contributed by atoms with Gasteiger partial charge in [-0.15, -0.1) is 0 Å². The third-order valence-electron chi connectivity index (χ3n) is 4.73. The third kappa shape index (κ3) is 4.79. The maximum Gasteiger partial charge on any atom is 0.198 e. The number of benzene rings is 1. The Bertz CT molecular complexity index is 1100. The Balaban J connectivity index is 2.68. The van der Waals surface area contributed by atoms with Gasteiger partial charge in [-0.25, -0.2) is 8.42 Å². The Morgan fingerprint density at radius 2 is 1.70 bits per heavy atom. The first-order valence-corrected chi connectivity index (χ1v) is 12.6. The molecule has 0 aromatic heterocycles. The highest BCUT2D eigenvalue weighted by atomic mass is 33.1. The summed E-state index contributed by atoms with van der Waals surface area (Å²) in [6.07, 6.45) is 1.09. The van der Waals surface area contributed by atoms with Gasteiger partial charge in [-0.1, -0.05) is 12.1 Å². The van der Waals surface area contributed by atoms with Gasteiger partial charge in [0.05, 0.1) is 5.75 Å². The maximum absolute atomic E-state index is 11.7. The standard InChI is InChI=1S/C21H22N4O3S2/c1-5-25(6-2)17-9-7-15(8-10-17)19-18(13-24)20(16(11-22)12-23)28-21(19,3)14-29-30(4,26)27/h7-10H,5-6,14H2,1-4H3. The van der Waals surface area contributed by atoms with Gasteiger partial charge < -0.3 is 9.64 Å². The summed E-state index contributed by atoms with van der Waals surface area (Å²) in [6.45, 7) is 7.46. The van der Waals surface area contributed by atoms with Gasteiger partial charge in [0, 0.05) is 30.6 Å². The van der Waals surface area contributed by atoms with Crippen molar-refractivity contribution in [3.63, 3.8) is 0 Å². The largest absolute Gasteiger partial charge is 0.478 e. The number of hydrogen-bond donors (Lipinski definition) is 0. The van der Waals surface area contributed by atoms with Crippen LogP contribution in [0, 0.1) is 34.0 Å². The number of nitrogens with zero attached hydrogens (tertiary/aromatic N) is 4. The van der Waals surface area contributed by atoms with Crippen molar-refractivity contribution in [2.24, 2.45) is 0 Å². The first kappa shape index (κ1) is 23.3. The van der Waals surface area contributed by atoms with Crippen molar-refractivity contribution in [2.75, 3.05) is 30.0 Å². The Morgan fingerprint density at radius 3 is 2.13 bits per heavy atom. The molecule has 1 aromatic rings. The van der Waals surface area contributed by atoms with E-state index in [0.29, 0.717) is 21.9 Å². The zero-order chi connectivity index (χ0) is 22.5. The summed E-state index contributed by atoms with van der Waals surface area (Å²) in [5.41, 5.74) is 0.690. The average Bonchev–Trinajstić information content (AvgIpc) is 3.01. The van der Waals surface area contributed by atoms with E-state index < -0.39 is 14.5 Å². The Labute approximate surface area is 181 Å². The number of nitriles is 3. The van der Waals surface area contributed by atoms with Crippen LogP contribution in [0.5, 0.6) is 0 Å². The molecule has 30 heavy (non-hydrogen) atoms. The van der Waals surface area contributed by atoms with E-state index in [9.17, 15) is 24.2 Å². The van der Waals surface area contributed by atoms with Gasteiger partial charge in [-0.2, -0.15) is 15.8 Å². The Morgan fingerprint density at radius 1 is 1.13 bits per heavy atom. The molecule has 0 spiro atoms. The molecule has 0 amide bonds. The van der Waals surface area contributed by atoms with Crippen LogP contribution in [0.3, 0.4) is 0 Å². The van der Waals surface area contributed by atoms with Crippen molar-refractivity contribution < 1.29 is 13.2 Å². The molecule has 1 unspecified atom stereocenters. The fraction of sp³-hybridized carbons (Fsp3) is 0.381. The molecule has 0 radical (unpaired) electrons. The number of rotatable bonds is 7. The molecule has 9 heteroatoms. The first-order valence-electron chi connectivity index (χ1n) is 9.22. The summed E-state index contributed by atoms with van der Waals surface area (Å²) in [5.74, 6) is -0.112. The van der Waals surface area contributed by atoms with Crippen LogP contribution < -0.4 is 4.90 Å². The predicted octanol–water partition coefficient (Wildman–Crippen LogP) is 3.59. The fourth-order valence-corrected chi connectivity index (χ4v) is 5.27. The lowest BCUT2D eigenvalue weighted by molar-refractivity contribution is 0.113. The van der Waals surface area contributed by atoms with Gasteiger partial charge in [0.1, 0.15) is 29.4 Å². The second-order valence-corrected chi connectivity index (χ2v) is 11.3. The smallest absolute Gasteiger partial charge is 0.198 e. The van der Waals surface area contributed by atoms with Crippen LogP contribution in [0.25, 0.3) is 5.57 Å². The molecule has 1 heterocycles. The van der Waals surface area contributed by atoms with Crippen molar-refractivity contribution in [3.8, 4) is 18.2 Å². The van der Waals surface area contributed by atoms with E-state index in [0.717, 1.165) is 25.0 Å².